The molecule has 3 rings (SSSR count). The summed E-state index contributed by atoms with van der Waals surface area (Å²) >= 11 is 0. The summed E-state index contributed by atoms with van der Waals surface area (Å²) in [5.41, 5.74) is 0. The molecule has 1 aliphatic carbocycles. The van der Waals surface area contributed by atoms with E-state index in [0.29, 0.717) is 18.3 Å². The molecule has 1 atom stereocenters. The predicted octanol–water partition coefficient (Wildman–Crippen LogP) is 4.01. The maximum absolute atomic E-state index is 12.4. The summed E-state index contributed by atoms with van der Waals surface area (Å²) in [7, 11) is -0.989. The van der Waals surface area contributed by atoms with E-state index in [1.807, 2.05) is 30.3 Å². The molecular formula is C23H39IN4OS. The molecule has 0 radical (unpaired) electrons. The molecule has 7 heteroatoms. The molecule has 0 amide bonds. The van der Waals surface area contributed by atoms with E-state index in [0.717, 1.165) is 23.3 Å². The Morgan fingerprint density at radius 3 is 2.47 bits per heavy atom. The van der Waals surface area contributed by atoms with Crippen LogP contribution in [0.3, 0.4) is 0 Å². The Hall–Kier alpha value is -0.670. The van der Waals surface area contributed by atoms with Gasteiger partial charge in [0.2, 0.25) is 0 Å². The lowest BCUT2D eigenvalue weighted by Crippen LogP contribution is -2.49. The lowest BCUT2D eigenvalue weighted by Gasteiger charge is -2.36. The van der Waals surface area contributed by atoms with Crippen molar-refractivity contribution >= 4 is 40.7 Å². The van der Waals surface area contributed by atoms with E-state index < -0.39 is 10.8 Å². The smallest absolute Gasteiger partial charge is 0.191 e. The standard InChI is InChI=1S/C23H38N4OS.HI/c1-2-24-23(25-15-18-29(28)22-11-7-4-8-12-22)26-21-13-16-27(17-14-21)19-20-9-5-3-6-10-20;/h4,7-8,11-12,20-21H,2-3,5-6,9-10,13-19H2,1H3,(H2,24,25,26);1H. The van der Waals surface area contributed by atoms with Crippen molar-refractivity contribution in [3.05, 3.63) is 30.3 Å². The van der Waals surface area contributed by atoms with Crippen LogP contribution in [0, 0.1) is 5.92 Å². The molecule has 0 aromatic heterocycles. The van der Waals surface area contributed by atoms with E-state index in [2.05, 4.69) is 27.4 Å². The third-order valence-electron chi connectivity index (χ3n) is 6.07. The Morgan fingerprint density at radius 2 is 1.80 bits per heavy atom. The van der Waals surface area contributed by atoms with Gasteiger partial charge in [0, 0.05) is 42.9 Å². The van der Waals surface area contributed by atoms with Crippen LogP contribution in [0.4, 0.5) is 0 Å². The molecule has 2 N–H and O–H groups in total. The Balaban J connectivity index is 0.00000320. The second-order valence-electron chi connectivity index (χ2n) is 8.35. The normalized spacial score (nSPS) is 20.4. The summed E-state index contributed by atoms with van der Waals surface area (Å²) in [5.74, 6) is 2.35. The fraction of sp³-hybridized carbons (Fsp3) is 0.696. The molecule has 1 aliphatic heterocycles. The number of piperidine rings is 1. The summed E-state index contributed by atoms with van der Waals surface area (Å²) in [5, 5.41) is 6.95. The molecule has 5 nitrogen and oxygen atoms in total. The Bertz CT molecular complexity index is 644. The van der Waals surface area contributed by atoms with Gasteiger partial charge >= 0.3 is 0 Å². The number of likely N-dealkylation sites (tertiary alicyclic amines) is 1. The average Bonchev–Trinajstić information content (AvgIpc) is 2.76. The SMILES string of the molecule is CCNC(=NCCS(=O)c1ccccc1)NC1CCN(CC2CCCCC2)CC1.I. The number of nitrogens with zero attached hydrogens (tertiary/aromatic N) is 2. The van der Waals surface area contributed by atoms with Gasteiger partial charge in [0.25, 0.3) is 0 Å². The highest BCUT2D eigenvalue weighted by Crippen LogP contribution is 2.25. The predicted molar refractivity (Wildman–Crippen MR) is 138 cm³/mol. The van der Waals surface area contributed by atoms with Gasteiger partial charge in [-0.05, 0) is 50.7 Å². The van der Waals surface area contributed by atoms with E-state index in [-0.39, 0.29) is 24.0 Å². The summed E-state index contributed by atoms with van der Waals surface area (Å²) < 4.78 is 12.4. The van der Waals surface area contributed by atoms with Crippen molar-refractivity contribution in [1.29, 1.82) is 0 Å². The Kier molecular flexibility index (Phi) is 12.3. The van der Waals surface area contributed by atoms with Crippen molar-refractivity contribution in [3.8, 4) is 0 Å². The van der Waals surface area contributed by atoms with Gasteiger partial charge in [-0.2, -0.15) is 0 Å². The van der Waals surface area contributed by atoms with Crippen molar-refractivity contribution in [2.24, 2.45) is 10.9 Å². The number of hydrogen-bond donors (Lipinski definition) is 2. The zero-order valence-electron chi connectivity index (χ0n) is 18.4. The molecule has 1 aromatic rings. The number of hydrogen-bond acceptors (Lipinski definition) is 3. The summed E-state index contributed by atoms with van der Waals surface area (Å²) in [4.78, 5) is 8.22. The number of benzene rings is 1. The van der Waals surface area contributed by atoms with Crippen LogP contribution in [0.15, 0.2) is 40.2 Å². The largest absolute Gasteiger partial charge is 0.357 e. The molecular weight excluding hydrogens is 507 g/mol. The summed E-state index contributed by atoms with van der Waals surface area (Å²) in [6.45, 7) is 7.17. The van der Waals surface area contributed by atoms with Gasteiger partial charge in [-0.1, -0.05) is 37.5 Å². The summed E-state index contributed by atoms with van der Waals surface area (Å²) in [6.07, 6.45) is 9.51. The van der Waals surface area contributed by atoms with Crippen LogP contribution in [0.1, 0.15) is 51.9 Å². The number of halogens is 1. The summed E-state index contributed by atoms with van der Waals surface area (Å²) in [6, 6.07) is 10.1. The fourth-order valence-electron chi connectivity index (χ4n) is 4.44. The number of guanidine groups is 1. The maximum Gasteiger partial charge on any atom is 0.191 e. The fourth-order valence-corrected chi connectivity index (χ4v) is 5.39. The second-order valence-corrected chi connectivity index (χ2v) is 9.92. The van der Waals surface area contributed by atoms with Crippen LogP contribution in [0.25, 0.3) is 0 Å². The van der Waals surface area contributed by atoms with Gasteiger partial charge in [0.1, 0.15) is 0 Å². The van der Waals surface area contributed by atoms with Crippen LogP contribution in [-0.2, 0) is 10.8 Å². The van der Waals surface area contributed by atoms with Crippen molar-refractivity contribution in [1.82, 2.24) is 15.5 Å². The van der Waals surface area contributed by atoms with Gasteiger partial charge in [-0.25, -0.2) is 0 Å². The molecule has 0 spiro atoms. The molecule has 1 saturated carbocycles. The lowest BCUT2D eigenvalue weighted by atomic mass is 9.88. The van der Waals surface area contributed by atoms with Crippen LogP contribution in [0.5, 0.6) is 0 Å². The minimum Gasteiger partial charge on any atom is -0.357 e. The van der Waals surface area contributed by atoms with Crippen LogP contribution in [-0.4, -0.2) is 59.6 Å². The monoisotopic (exact) mass is 546 g/mol. The van der Waals surface area contributed by atoms with Crippen LogP contribution < -0.4 is 10.6 Å². The van der Waals surface area contributed by atoms with E-state index >= 15 is 0 Å². The van der Waals surface area contributed by atoms with Crippen molar-refractivity contribution in [2.75, 3.05) is 38.5 Å². The van der Waals surface area contributed by atoms with Gasteiger partial charge in [-0.15, -0.1) is 24.0 Å². The topological polar surface area (TPSA) is 56.7 Å². The van der Waals surface area contributed by atoms with Gasteiger partial charge in [0.05, 0.1) is 17.3 Å². The molecule has 1 unspecified atom stereocenters. The number of nitrogens with one attached hydrogen (secondary N) is 2. The van der Waals surface area contributed by atoms with Crippen LogP contribution in [0.2, 0.25) is 0 Å². The lowest BCUT2D eigenvalue weighted by molar-refractivity contribution is 0.160. The number of aliphatic imine (C=N–C) groups is 1. The quantitative estimate of drug-likeness (QED) is 0.294. The van der Waals surface area contributed by atoms with E-state index in [1.54, 1.807) is 0 Å². The molecule has 1 saturated heterocycles. The van der Waals surface area contributed by atoms with E-state index in [4.69, 9.17) is 0 Å². The van der Waals surface area contributed by atoms with E-state index in [9.17, 15) is 4.21 Å². The van der Waals surface area contributed by atoms with Crippen LogP contribution >= 0.6 is 24.0 Å². The third kappa shape index (κ3) is 8.83. The first-order valence-corrected chi connectivity index (χ1v) is 12.8. The first-order valence-electron chi connectivity index (χ1n) is 11.4. The highest BCUT2D eigenvalue weighted by atomic mass is 127. The number of rotatable bonds is 8. The maximum atomic E-state index is 12.4. The Morgan fingerprint density at radius 1 is 1.10 bits per heavy atom. The van der Waals surface area contributed by atoms with Gasteiger partial charge in [0.15, 0.2) is 5.96 Å². The third-order valence-corrected chi connectivity index (χ3v) is 7.42. The molecule has 1 heterocycles. The minimum atomic E-state index is -0.989. The molecule has 170 valence electrons. The van der Waals surface area contributed by atoms with Crippen molar-refractivity contribution in [3.63, 3.8) is 0 Å². The minimum absolute atomic E-state index is 0. The van der Waals surface area contributed by atoms with Gasteiger partial charge < -0.3 is 15.5 Å². The first-order chi connectivity index (χ1) is 14.2. The first kappa shape index (κ1) is 25.6. The molecule has 2 fully saturated rings. The van der Waals surface area contributed by atoms with Gasteiger partial charge in [-0.3, -0.25) is 9.20 Å². The zero-order valence-corrected chi connectivity index (χ0v) is 21.5. The average molecular weight is 547 g/mol. The molecule has 0 bridgehead atoms. The molecule has 1 aromatic carbocycles. The van der Waals surface area contributed by atoms with E-state index in [1.165, 1.54) is 64.6 Å². The highest BCUT2D eigenvalue weighted by molar-refractivity contribution is 14.0. The van der Waals surface area contributed by atoms with Crippen molar-refractivity contribution < 1.29 is 4.21 Å². The highest BCUT2D eigenvalue weighted by Gasteiger charge is 2.23. The van der Waals surface area contributed by atoms with Crippen molar-refractivity contribution in [2.45, 2.75) is 62.8 Å². The Labute approximate surface area is 202 Å². The zero-order chi connectivity index (χ0) is 20.3. The molecule has 30 heavy (non-hydrogen) atoms. The molecule has 2 aliphatic rings. The second kappa shape index (κ2) is 14.4.